The number of amides is 1. The number of carboxylic acid groups (broad SMARTS) is 1. The first-order valence-corrected chi connectivity index (χ1v) is 13.3. The summed E-state index contributed by atoms with van der Waals surface area (Å²) in [5.41, 5.74) is -0.738. The summed E-state index contributed by atoms with van der Waals surface area (Å²) in [5, 5.41) is 11.3. The molecule has 1 amide bonds. The molecular formula is C31H27F6NO3. The molecule has 0 aliphatic heterocycles. The van der Waals surface area contributed by atoms with Gasteiger partial charge < -0.3 is 10.4 Å². The van der Waals surface area contributed by atoms with Crippen LogP contribution < -0.4 is 5.32 Å². The lowest BCUT2D eigenvalue weighted by atomic mass is 9.64. The van der Waals surface area contributed by atoms with Gasteiger partial charge in [-0.3, -0.25) is 9.59 Å². The number of fused-ring (bicyclic) bond motifs is 2. The van der Waals surface area contributed by atoms with Crippen molar-refractivity contribution < 1.29 is 41.0 Å². The van der Waals surface area contributed by atoms with Gasteiger partial charge in [0.15, 0.2) is 0 Å². The van der Waals surface area contributed by atoms with Crippen LogP contribution in [0, 0.1) is 11.8 Å². The van der Waals surface area contributed by atoms with Crippen LogP contribution in [0.15, 0.2) is 66.7 Å². The molecule has 3 aromatic carbocycles. The van der Waals surface area contributed by atoms with Crippen molar-refractivity contribution in [2.75, 3.05) is 6.54 Å². The Morgan fingerprint density at radius 2 is 1.37 bits per heavy atom. The second kappa shape index (κ2) is 10.5. The van der Waals surface area contributed by atoms with E-state index in [0.717, 1.165) is 48.9 Å². The molecule has 0 saturated heterocycles. The Morgan fingerprint density at radius 3 is 1.83 bits per heavy atom. The number of aliphatic carboxylic acids is 1. The zero-order chi connectivity index (χ0) is 29.6. The maximum atomic E-state index is 13.4. The van der Waals surface area contributed by atoms with Crippen molar-refractivity contribution in [3.05, 3.63) is 94.5 Å². The number of benzene rings is 3. The van der Waals surface area contributed by atoms with Crippen molar-refractivity contribution in [2.45, 2.75) is 49.9 Å². The van der Waals surface area contributed by atoms with E-state index >= 15 is 0 Å². The molecule has 0 heterocycles. The molecule has 41 heavy (non-hydrogen) atoms. The van der Waals surface area contributed by atoms with Crippen molar-refractivity contribution in [1.82, 2.24) is 5.32 Å². The number of carbonyl (C=O) groups is 2. The summed E-state index contributed by atoms with van der Waals surface area (Å²) in [5.74, 6) is -0.599. The average molecular weight is 576 g/mol. The van der Waals surface area contributed by atoms with E-state index in [2.05, 4.69) is 5.32 Å². The summed E-state index contributed by atoms with van der Waals surface area (Å²) in [4.78, 5) is 23.1. The zero-order valence-electron chi connectivity index (χ0n) is 21.8. The van der Waals surface area contributed by atoms with Crippen molar-refractivity contribution in [3.63, 3.8) is 0 Å². The summed E-state index contributed by atoms with van der Waals surface area (Å²) >= 11 is 0. The fourth-order valence-corrected chi connectivity index (χ4v) is 6.59. The minimum atomic E-state index is -4.93. The van der Waals surface area contributed by atoms with Crippen molar-refractivity contribution in [2.24, 2.45) is 11.8 Å². The summed E-state index contributed by atoms with van der Waals surface area (Å²) in [6.45, 7) is 0.00625. The SMILES string of the molecule is O=C(O)CCNC(=O)c1ccc(C2(c3ccc(-c4cc(C(F)(F)F)cc(C(F)(F)F)c4)cc3)CC3CCC2C3)cc1. The number of carboxylic acids is 1. The molecule has 3 unspecified atom stereocenters. The number of nitrogens with one attached hydrogen (secondary N) is 1. The molecule has 2 aliphatic rings. The first kappa shape index (κ1) is 28.7. The van der Waals surface area contributed by atoms with Crippen LogP contribution >= 0.6 is 0 Å². The van der Waals surface area contributed by atoms with Gasteiger partial charge in [-0.05, 0) is 83.7 Å². The van der Waals surface area contributed by atoms with Crippen LogP contribution in [0.3, 0.4) is 0 Å². The van der Waals surface area contributed by atoms with Crippen molar-refractivity contribution >= 4 is 11.9 Å². The molecule has 2 saturated carbocycles. The van der Waals surface area contributed by atoms with E-state index in [9.17, 15) is 35.9 Å². The van der Waals surface area contributed by atoms with Crippen LogP contribution in [0.4, 0.5) is 26.3 Å². The first-order chi connectivity index (χ1) is 19.3. The quantitative estimate of drug-likeness (QED) is 0.284. The van der Waals surface area contributed by atoms with Gasteiger partial charge in [-0.1, -0.05) is 42.8 Å². The third kappa shape index (κ3) is 5.69. The molecule has 5 rings (SSSR count). The van der Waals surface area contributed by atoms with Gasteiger partial charge in [0.05, 0.1) is 17.5 Å². The normalized spacial score (nSPS) is 22.1. The van der Waals surface area contributed by atoms with Gasteiger partial charge in [0.25, 0.3) is 5.91 Å². The van der Waals surface area contributed by atoms with E-state index in [1.165, 1.54) is 0 Å². The topological polar surface area (TPSA) is 66.4 Å². The third-order valence-corrected chi connectivity index (χ3v) is 8.46. The lowest BCUT2D eigenvalue weighted by Gasteiger charge is -2.39. The van der Waals surface area contributed by atoms with E-state index in [-0.39, 0.29) is 36.1 Å². The summed E-state index contributed by atoms with van der Waals surface area (Å²) in [6, 6.07) is 15.4. The minimum absolute atomic E-state index is 0.00625. The molecule has 0 radical (unpaired) electrons. The highest BCUT2D eigenvalue weighted by molar-refractivity contribution is 5.94. The van der Waals surface area contributed by atoms with E-state index < -0.39 is 34.9 Å². The molecule has 0 spiro atoms. The fraction of sp³-hybridized carbons (Fsp3) is 0.355. The molecule has 2 N–H and O–H groups in total. The molecule has 2 fully saturated rings. The van der Waals surface area contributed by atoms with Crippen molar-refractivity contribution in [1.29, 1.82) is 0 Å². The number of rotatable bonds is 7. The minimum Gasteiger partial charge on any atom is -0.481 e. The molecular weight excluding hydrogens is 548 g/mol. The second-order valence-corrected chi connectivity index (χ2v) is 10.9. The van der Waals surface area contributed by atoms with Crippen LogP contribution in [0.25, 0.3) is 11.1 Å². The maximum Gasteiger partial charge on any atom is 0.416 e. The number of alkyl halides is 6. The lowest BCUT2D eigenvalue weighted by Crippen LogP contribution is -2.34. The fourth-order valence-electron chi connectivity index (χ4n) is 6.59. The summed E-state index contributed by atoms with van der Waals surface area (Å²) in [6.07, 6.45) is -6.09. The highest BCUT2D eigenvalue weighted by atomic mass is 19.4. The molecule has 10 heteroatoms. The van der Waals surface area contributed by atoms with Gasteiger partial charge in [-0.25, -0.2) is 0 Å². The van der Waals surface area contributed by atoms with Gasteiger partial charge in [-0.15, -0.1) is 0 Å². The average Bonchev–Trinajstić information content (AvgIpc) is 3.54. The maximum absolute atomic E-state index is 13.4. The Balaban J connectivity index is 1.48. The Labute approximate surface area is 232 Å². The third-order valence-electron chi connectivity index (χ3n) is 8.46. The number of hydrogen-bond donors (Lipinski definition) is 2. The predicted molar refractivity (Wildman–Crippen MR) is 139 cm³/mol. The standard InChI is InChI=1S/C31H27F6NO3/c32-30(33,34)25-14-21(15-26(16-25)31(35,36)37)19-2-7-22(8-3-19)29(17-18-1-6-24(29)13-18)23-9-4-20(5-10-23)28(41)38-12-11-27(39)40/h2-5,7-10,14-16,18,24H,1,6,11-13,17H2,(H,38,41)(H,39,40). The first-order valence-electron chi connectivity index (χ1n) is 13.3. The van der Waals surface area contributed by atoms with Crippen LogP contribution in [-0.4, -0.2) is 23.5 Å². The van der Waals surface area contributed by atoms with Crippen LogP contribution in [0.5, 0.6) is 0 Å². The van der Waals surface area contributed by atoms with E-state index in [0.29, 0.717) is 17.4 Å². The Morgan fingerprint density at radius 1 is 0.805 bits per heavy atom. The molecule has 4 nitrogen and oxygen atoms in total. The smallest absolute Gasteiger partial charge is 0.416 e. The van der Waals surface area contributed by atoms with Crippen LogP contribution in [-0.2, 0) is 22.6 Å². The predicted octanol–water partition coefficient (Wildman–Crippen LogP) is 7.70. The van der Waals surface area contributed by atoms with Crippen molar-refractivity contribution in [3.8, 4) is 11.1 Å². The number of hydrogen-bond acceptors (Lipinski definition) is 2. The molecule has 3 aromatic rings. The molecule has 2 aliphatic carbocycles. The monoisotopic (exact) mass is 575 g/mol. The van der Waals surface area contributed by atoms with E-state index in [4.69, 9.17) is 5.11 Å². The second-order valence-electron chi connectivity index (χ2n) is 10.9. The highest BCUT2D eigenvalue weighted by Crippen LogP contribution is 2.60. The van der Waals surface area contributed by atoms with Gasteiger partial charge in [0.2, 0.25) is 0 Å². The van der Waals surface area contributed by atoms with Crippen LogP contribution in [0.2, 0.25) is 0 Å². The molecule has 0 aromatic heterocycles. The Hall–Kier alpha value is -3.82. The Bertz CT molecular complexity index is 1410. The number of carbonyl (C=O) groups excluding carboxylic acids is 1. The van der Waals surface area contributed by atoms with Gasteiger partial charge in [-0.2, -0.15) is 26.3 Å². The zero-order valence-corrected chi connectivity index (χ0v) is 21.8. The lowest BCUT2D eigenvalue weighted by molar-refractivity contribution is -0.143. The molecule has 216 valence electrons. The van der Waals surface area contributed by atoms with Gasteiger partial charge in [0, 0.05) is 17.5 Å². The summed E-state index contributed by atoms with van der Waals surface area (Å²) < 4.78 is 80.4. The van der Waals surface area contributed by atoms with Gasteiger partial charge >= 0.3 is 18.3 Å². The van der Waals surface area contributed by atoms with E-state index in [1.54, 1.807) is 36.4 Å². The van der Waals surface area contributed by atoms with Gasteiger partial charge in [0.1, 0.15) is 0 Å². The number of halogens is 6. The molecule has 3 atom stereocenters. The van der Waals surface area contributed by atoms with Crippen LogP contribution in [0.1, 0.15) is 64.7 Å². The molecule has 2 bridgehead atoms. The largest absolute Gasteiger partial charge is 0.481 e. The Kier molecular flexibility index (Phi) is 7.38. The summed E-state index contributed by atoms with van der Waals surface area (Å²) in [7, 11) is 0. The van der Waals surface area contributed by atoms with E-state index in [1.807, 2.05) is 12.1 Å². The highest BCUT2D eigenvalue weighted by Gasteiger charge is 2.52.